The first kappa shape index (κ1) is 11.9. The molecule has 0 saturated carbocycles. The smallest absolute Gasteiger partial charge is 0.123 e. The summed E-state index contributed by atoms with van der Waals surface area (Å²) in [4.78, 5) is 0. The summed E-state index contributed by atoms with van der Waals surface area (Å²) in [6.45, 7) is 0. The zero-order chi connectivity index (χ0) is 12.4. The molecule has 0 spiro atoms. The molecule has 0 saturated heterocycles. The van der Waals surface area contributed by atoms with Gasteiger partial charge in [0.05, 0.1) is 6.04 Å². The SMILES string of the molecule is N[C@@H](c1ccc(Cl)cc1)c1cc(F)ccc1O. The average Bonchev–Trinajstić information content (AvgIpc) is 2.32. The summed E-state index contributed by atoms with van der Waals surface area (Å²) >= 11 is 5.77. The first-order valence-corrected chi connectivity index (χ1v) is 5.45. The number of aromatic hydroxyl groups is 1. The van der Waals surface area contributed by atoms with E-state index >= 15 is 0 Å². The lowest BCUT2D eigenvalue weighted by atomic mass is 9.99. The number of halogens is 2. The maximum atomic E-state index is 13.1. The van der Waals surface area contributed by atoms with E-state index in [4.69, 9.17) is 17.3 Å². The van der Waals surface area contributed by atoms with Gasteiger partial charge in [-0.2, -0.15) is 0 Å². The van der Waals surface area contributed by atoms with E-state index in [-0.39, 0.29) is 5.75 Å². The lowest BCUT2D eigenvalue weighted by Crippen LogP contribution is -2.12. The Labute approximate surface area is 103 Å². The van der Waals surface area contributed by atoms with Gasteiger partial charge in [-0.15, -0.1) is 0 Å². The molecule has 0 aliphatic rings. The van der Waals surface area contributed by atoms with Gasteiger partial charge in [0.2, 0.25) is 0 Å². The van der Waals surface area contributed by atoms with Crippen LogP contribution in [0.5, 0.6) is 5.75 Å². The Kier molecular flexibility index (Phi) is 3.31. The molecule has 4 heteroatoms. The van der Waals surface area contributed by atoms with Crippen molar-refractivity contribution in [3.8, 4) is 5.75 Å². The van der Waals surface area contributed by atoms with Crippen LogP contribution in [0.1, 0.15) is 17.2 Å². The van der Waals surface area contributed by atoms with E-state index in [1.54, 1.807) is 24.3 Å². The molecule has 0 amide bonds. The van der Waals surface area contributed by atoms with Gasteiger partial charge in [0.15, 0.2) is 0 Å². The number of phenolic OH excluding ortho intramolecular Hbond substituents is 1. The van der Waals surface area contributed by atoms with E-state index < -0.39 is 11.9 Å². The van der Waals surface area contributed by atoms with Gasteiger partial charge in [-0.1, -0.05) is 23.7 Å². The van der Waals surface area contributed by atoms with Crippen molar-refractivity contribution in [2.45, 2.75) is 6.04 Å². The van der Waals surface area contributed by atoms with Crippen LogP contribution in [0, 0.1) is 5.82 Å². The average molecular weight is 252 g/mol. The highest BCUT2D eigenvalue weighted by molar-refractivity contribution is 6.30. The predicted molar refractivity (Wildman–Crippen MR) is 65.5 cm³/mol. The quantitative estimate of drug-likeness (QED) is 0.861. The molecule has 0 fully saturated rings. The maximum absolute atomic E-state index is 13.1. The number of phenols is 1. The van der Waals surface area contributed by atoms with Crippen LogP contribution in [0.15, 0.2) is 42.5 Å². The topological polar surface area (TPSA) is 46.2 Å². The van der Waals surface area contributed by atoms with E-state index in [2.05, 4.69) is 0 Å². The molecule has 2 aromatic rings. The summed E-state index contributed by atoms with van der Waals surface area (Å²) < 4.78 is 13.1. The summed E-state index contributed by atoms with van der Waals surface area (Å²) in [5, 5.41) is 10.2. The Balaban J connectivity index is 2.39. The summed E-state index contributed by atoms with van der Waals surface area (Å²) in [5.74, 6) is -0.448. The van der Waals surface area contributed by atoms with Gasteiger partial charge in [0.25, 0.3) is 0 Å². The van der Waals surface area contributed by atoms with Crippen molar-refractivity contribution in [1.82, 2.24) is 0 Å². The van der Waals surface area contributed by atoms with Crippen molar-refractivity contribution < 1.29 is 9.50 Å². The Bertz CT molecular complexity index is 527. The predicted octanol–water partition coefficient (Wildman–Crippen LogP) is 3.23. The van der Waals surface area contributed by atoms with Crippen LogP contribution in [0.3, 0.4) is 0 Å². The fraction of sp³-hybridized carbons (Fsp3) is 0.0769. The lowest BCUT2D eigenvalue weighted by Gasteiger charge is -2.14. The second-order valence-electron chi connectivity index (χ2n) is 3.73. The molecule has 2 rings (SSSR count). The highest BCUT2D eigenvalue weighted by Gasteiger charge is 2.13. The first-order valence-electron chi connectivity index (χ1n) is 5.07. The Morgan fingerprint density at radius 3 is 2.41 bits per heavy atom. The Hall–Kier alpha value is -1.58. The van der Waals surface area contributed by atoms with Crippen molar-refractivity contribution in [1.29, 1.82) is 0 Å². The van der Waals surface area contributed by atoms with Gasteiger partial charge < -0.3 is 10.8 Å². The molecule has 3 N–H and O–H groups in total. The minimum Gasteiger partial charge on any atom is -0.508 e. The maximum Gasteiger partial charge on any atom is 0.123 e. The van der Waals surface area contributed by atoms with Crippen molar-refractivity contribution in [2.75, 3.05) is 0 Å². The highest BCUT2D eigenvalue weighted by Crippen LogP contribution is 2.28. The van der Waals surface area contributed by atoms with Crippen LogP contribution < -0.4 is 5.73 Å². The van der Waals surface area contributed by atoms with Crippen molar-refractivity contribution in [3.63, 3.8) is 0 Å². The first-order chi connectivity index (χ1) is 8.08. The molecule has 0 aliphatic carbocycles. The van der Waals surface area contributed by atoms with E-state index in [0.29, 0.717) is 10.6 Å². The number of hydrogen-bond acceptors (Lipinski definition) is 2. The van der Waals surface area contributed by atoms with Crippen molar-refractivity contribution in [2.24, 2.45) is 5.73 Å². The second-order valence-corrected chi connectivity index (χ2v) is 4.17. The third-order valence-electron chi connectivity index (χ3n) is 2.55. The second kappa shape index (κ2) is 4.73. The van der Waals surface area contributed by atoms with Gasteiger partial charge in [0, 0.05) is 10.6 Å². The lowest BCUT2D eigenvalue weighted by molar-refractivity contribution is 0.462. The molecule has 0 unspecified atom stereocenters. The summed E-state index contributed by atoms with van der Waals surface area (Å²) in [7, 11) is 0. The molecule has 2 aromatic carbocycles. The van der Waals surface area contributed by atoms with E-state index in [0.717, 1.165) is 5.56 Å². The van der Waals surface area contributed by atoms with Gasteiger partial charge >= 0.3 is 0 Å². The monoisotopic (exact) mass is 251 g/mol. The van der Waals surface area contributed by atoms with Crippen LogP contribution in [-0.4, -0.2) is 5.11 Å². The molecule has 1 atom stereocenters. The molecule has 17 heavy (non-hydrogen) atoms. The standard InChI is InChI=1S/C13H11ClFNO/c14-9-3-1-8(2-4-9)13(16)11-7-10(15)5-6-12(11)17/h1-7,13,17H,16H2/t13-/m0/s1. The molecular formula is C13H11ClFNO. The Morgan fingerprint density at radius 1 is 1.12 bits per heavy atom. The number of rotatable bonds is 2. The fourth-order valence-corrected chi connectivity index (χ4v) is 1.75. The third-order valence-corrected chi connectivity index (χ3v) is 2.81. The van der Waals surface area contributed by atoms with E-state index in [1.165, 1.54) is 18.2 Å². The minimum absolute atomic E-state index is 0.0196. The van der Waals surface area contributed by atoms with Crippen molar-refractivity contribution >= 4 is 11.6 Å². The van der Waals surface area contributed by atoms with Gasteiger partial charge in [-0.25, -0.2) is 4.39 Å². The molecule has 0 aromatic heterocycles. The highest BCUT2D eigenvalue weighted by atomic mass is 35.5. The summed E-state index contributed by atoms with van der Waals surface area (Å²) in [6, 6.07) is 10.0. The van der Waals surface area contributed by atoms with Crippen LogP contribution in [0.2, 0.25) is 5.02 Å². The zero-order valence-electron chi connectivity index (χ0n) is 8.90. The van der Waals surface area contributed by atoms with E-state index in [1.807, 2.05) is 0 Å². The van der Waals surface area contributed by atoms with Crippen LogP contribution >= 0.6 is 11.6 Å². The van der Waals surface area contributed by atoms with Gasteiger partial charge in [-0.3, -0.25) is 0 Å². The molecule has 0 bridgehead atoms. The number of nitrogens with two attached hydrogens (primary N) is 1. The minimum atomic E-state index is -0.581. The van der Waals surface area contributed by atoms with Crippen molar-refractivity contribution in [3.05, 3.63) is 64.4 Å². The molecule has 2 nitrogen and oxygen atoms in total. The van der Waals surface area contributed by atoms with Crippen LogP contribution in [0.4, 0.5) is 4.39 Å². The van der Waals surface area contributed by atoms with E-state index in [9.17, 15) is 9.50 Å². The zero-order valence-corrected chi connectivity index (χ0v) is 9.66. The summed E-state index contributed by atoms with van der Waals surface area (Å²) in [6.07, 6.45) is 0. The van der Waals surface area contributed by atoms with Gasteiger partial charge in [-0.05, 0) is 35.9 Å². The van der Waals surface area contributed by atoms with Crippen LogP contribution in [-0.2, 0) is 0 Å². The molecule has 0 heterocycles. The Morgan fingerprint density at radius 2 is 1.76 bits per heavy atom. The molecule has 0 radical (unpaired) electrons. The van der Waals surface area contributed by atoms with Crippen LogP contribution in [0.25, 0.3) is 0 Å². The fourth-order valence-electron chi connectivity index (χ4n) is 1.62. The molecule has 0 aliphatic heterocycles. The number of hydrogen-bond donors (Lipinski definition) is 2. The third kappa shape index (κ3) is 2.57. The number of benzene rings is 2. The van der Waals surface area contributed by atoms with Gasteiger partial charge in [0.1, 0.15) is 11.6 Å². The largest absolute Gasteiger partial charge is 0.508 e. The normalized spacial score (nSPS) is 12.4. The molecule has 88 valence electrons. The summed E-state index contributed by atoms with van der Waals surface area (Å²) in [5.41, 5.74) is 7.08. The molecular weight excluding hydrogens is 241 g/mol.